The normalized spacial score (nSPS) is 17.4. The molecule has 0 atom stereocenters. The zero-order chi connectivity index (χ0) is 17.2. The van der Waals surface area contributed by atoms with E-state index in [9.17, 15) is 0 Å². The zero-order valence-corrected chi connectivity index (χ0v) is 14.2. The molecule has 2 aliphatic rings. The molecule has 2 aromatic rings. The van der Waals surface area contributed by atoms with Crippen molar-refractivity contribution in [2.75, 3.05) is 62.4 Å². The summed E-state index contributed by atoms with van der Waals surface area (Å²) in [5.41, 5.74) is 7.74. The average molecular weight is 342 g/mol. The van der Waals surface area contributed by atoms with Crippen LogP contribution in [0.5, 0.6) is 11.5 Å². The number of benzene rings is 1. The van der Waals surface area contributed by atoms with Crippen LogP contribution in [0.1, 0.15) is 0 Å². The van der Waals surface area contributed by atoms with Gasteiger partial charge < -0.3 is 30.3 Å². The molecule has 0 spiro atoms. The first-order valence-corrected chi connectivity index (χ1v) is 8.41. The van der Waals surface area contributed by atoms with Crippen LogP contribution in [0.15, 0.2) is 24.5 Å². The SMILES string of the molecule is CN1CCN(c2ncnc(Nc3ccc4c(c3)OCCO4)c2N)CC1. The summed E-state index contributed by atoms with van der Waals surface area (Å²) in [7, 11) is 2.12. The topological polar surface area (TPSA) is 88.8 Å². The van der Waals surface area contributed by atoms with E-state index in [1.807, 2.05) is 18.2 Å². The van der Waals surface area contributed by atoms with Gasteiger partial charge in [-0.2, -0.15) is 0 Å². The van der Waals surface area contributed by atoms with Crippen LogP contribution in [0.2, 0.25) is 0 Å². The second-order valence-electron chi connectivity index (χ2n) is 6.23. The largest absolute Gasteiger partial charge is 0.486 e. The van der Waals surface area contributed by atoms with E-state index in [2.05, 4.69) is 32.1 Å². The fraction of sp³-hybridized carbons (Fsp3) is 0.412. The minimum atomic E-state index is 0.555. The second-order valence-corrected chi connectivity index (χ2v) is 6.23. The molecule has 2 aliphatic heterocycles. The van der Waals surface area contributed by atoms with Crippen molar-refractivity contribution in [3.05, 3.63) is 24.5 Å². The third-order valence-electron chi connectivity index (χ3n) is 4.47. The maximum atomic E-state index is 6.34. The van der Waals surface area contributed by atoms with Gasteiger partial charge in [-0.15, -0.1) is 0 Å². The Labute approximate surface area is 146 Å². The van der Waals surface area contributed by atoms with Crippen molar-refractivity contribution in [3.8, 4) is 11.5 Å². The number of fused-ring (bicyclic) bond motifs is 1. The maximum absolute atomic E-state index is 6.34. The highest BCUT2D eigenvalue weighted by Gasteiger charge is 2.20. The Morgan fingerprint density at radius 1 is 1.04 bits per heavy atom. The molecule has 25 heavy (non-hydrogen) atoms. The Morgan fingerprint density at radius 3 is 2.60 bits per heavy atom. The van der Waals surface area contributed by atoms with Gasteiger partial charge in [0, 0.05) is 37.9 Å². The van der Waals surface area contributed by atoms with E-state index in [1.54, 1.807) is 6.33 Å². The van der Waals surface area contributed by atoms with Crippen LogP contribution >= 0.6 is 0 Å². The first kappa shape index (κ1) is 15.8. The van der Waals surface area contributed by atoms with E-state index in [4.69, 9.17) is 15.2 Å². The van der Waals surface area contributed by atoms with Gasteiger partial charge in [-0.25, -0.2) is 9.97 Å². The Morgan fingerprint density at radius 2 is 1.80 bits per heavy atom. The molecule has 0 bridgehead atoms. The number of nitrogens with two attached hydrogens (primary N) is 1. The smallest absolute Gasteiger partial charge is 0.163 e. The Balaban J connectivity index is 1.56. The quantitative estimate of drug-likeness (QED) is 0.863. The van der Waals surface area contributed by atoms with Gasteiger partial charge in [0.2, 0.25) is 0 Å². The first-order valence-electron chi connectivity index (χ1n) is 8.41. The maximum Gasteiger partial charge on any atom is 0.163 e. The number of nitrogens with zero attached hydrogens (tertiary/aromatic N) is 4. The van der Waals surface area contributed by atoms with Crippen LogP contribution in [0.25, 0.3) is 0 Å². The molecule has 0 saturated carbocycles. The molecule has 0 unspecified atom stereocenters. The number of nitrogens with one attached hydrogen (secondary N) is 1. The summed E-state index contributed by atoms with van der Waals surface area (Å²) in [4.78, 5) is 13.2. The number of rotatable bonds is 3. The molecule has 132 valence electrons. The van der Waals surface area contributed by atoms with Crippen LogP contribution < -0.4 is 25.4 Å². The first-order chi connectivity index (χ1) is 12.2. The molecule has 3 heterocycles. The van der Waals surface area contributed by atoms with Crippen LogP contribution in [-0.4, -0.2) is 61.3 Å². The molecule has 0 radical (unpaired) electrons. The van der Waals surface area contributed by atoms with Gasteiger partial charge in [-0.3, -0.25) is 0 Å². The summed E-state index contributed by atoms with van der Waals surface area (Å²) < 4.78 is 11.2. The van der Waals surface area contributed by atoms with Gasteiger partial charge in [-0.1, -0.05) is 0 Å². The highest BCUT2D eigenvalue weighted by molar-refractivity contribution is 5.78. The lowest BCUT2D eigenvalue weighted by molar-refractivity contribution is 0.171. The third-order valence-corrected chi connectivity index (χ3v) is 4.47. The molecule has 1 fully saturated rings. The number of hydrogen-bond acceptors (Lipinski definition) is 8. The molecular formula is C17H22N6O2. The summed E-state index contributed by atoms with van der Waals surface area (Å²) in [6, 6.07) is 5.70. The molecule has 3 N–H and O–H groups in total. The lowest BCUT2D eigenvalue weighted by atomic mass is 10.2. The average Bonchev–Trinajstić information content (AvgIpc) is 2.64. The number of piperazine rings is 1. The van der Waals surface area contributed by atoms with E-state index < -0.39 is 0 Å². The van der Waals surface area contributed by atoms with Gasteiger partial charge in [0.25, 0.3) is 0 Å². The molecule has 8 nitrogen and oxygen atoms in total. The van der Waals surface area contributed by atoms with Crippen molar-refractivity contribution in [2.24, 2.45) is 0 Å². The highest BCUT2D eigenvalue weighted by atomic mass is 16.6. The predicted octanol–water partition coefficient (Wildman–Crippen LogP) is 1.33. The summed E-state index contributed by atoms with van der Waals surface area (Å²) in [5.74, 6) is 2.86. The highest BCUT2D eigenvalue weighted by Crippen LogP contribution is 2.35. The number of hydrogen-bond donors (Lipinski definition) is 2. The number of anilines is 4. The third kappa shape index (κ3) is 3.25. The van der Waals surface area contributed by atoms with E-state index in [-0.39, 0.29) is 0 Å². The zero-order valence-electron chi connectivity index (χ0n) is 14.2. The van der Waals surface area contributed by atoms with Gasteiger partial charge in [0.1, 0.15) is 25.2 Å². The number of aromatic nitrogens is 2. The Hall–Kier alpha value is -2.74. The van der Waals surface area contributed by atoms with Crippen molar-refractivity contribution in [2.45, 2.75) is 0 Å². The predicted molar refractivity (Wildman–Crippen MR) is 96.9 cm³/mol. The molecular weight excluding hydrogens is 320 g/mol. The van der Waals surface area contributed by atoms with E-state index in [0.29, 0.717) is 24.7 Å². The van der Waals surface area contributed by atoms with Gasteiger partial charge in [-0.05, 0) is 19.2 Å². The standard InChI is InChI=1S/C17H22N6O2/c1-22-4-6-23(7-5-22)17-15(18)16(19-11-20-17)21-12-2-3-13-14(10-12)25-9-8-24-13/h2-3,10-11H,4-9,18H2,1H3,(H,19,20,21). The Kier molecular flexibility index (Phi) is 4.19. The minimum Gasteiger partial charge on any atom is -0.486 e. The number of likely N-dealkylation sites (N-methyl/N-ethyl adjacent to an activating group) is 1. The molecule has 1 saturated heterocycles. The van der Waals surface area contributed by atoms with E-state index >= 15 is 0 Å². The van der Waals surface area contributed by atoms with Gasteiger partial charge in [0.15, 0.2) is 23.1 Å². The van der Waals surface area contributed by atoms with Crippen LogP contribution in [0, 0.1) is 0 Å². The number of ether oxygens (including phenoxy) is 2. The molecule has 1 aromatic heterocycles. The lowest BCUT2D eigenvalue weighted by Gasteiger charge is -2.33. The van der Waals surface area contributed by atoms with Crippen molar-refractivity contribution in [1.29, 1.82) is 0 Å². The van der Waals surface area contributed by atoms with Crippen molar-refractivity contribution >= 4 is 23.0 Å². The monoisotopic (exact) mass is 342 g/mol. The Bertz CT molecular complexity index is 761. The summed E-state index contributed by atoms with van der Waals surface area (Å²) in [6.45, 7) is 4.93. The molecule has 0 aliphatic carbocycles. The van der Waals surface area contributed by atoms with Crippen LogP contribution in [-0.2, 0) is 0 Å². The van der Waals surface area contributed by atoms with Crippen molar-refractivity contribution < 1.29 is 9.47 Å². The van der Waals surface area contributed by atoms with Gasteiger partial charge >= 0.3 is 0 Å². The fourth-order valence-electron chi connectivity index (χ4n) is 3.01. The van der Waals surface area contributed by atoms with Crippen LogP contribution in [0.4, 0.5) is 23.0 Å². The fourth-order valence-corrected chi connectivity index (χ4v) is 3.01. The molecule has 0 amide bonds. The van der Waals surface area contributed by atoms with Gasteiger partial charge in [0.05, 0.1) is 0 Å². The van der Waals surface area contributed by atoms with Crippen molar-refractivity contribution in [1.82, 2.24) is 14.9 Å². The minimum absolute atomic E-state index is 0.555. The van der Waals surface area contributed by atoms with Crippen LogP contribution in [0.3, 0.4) is 0 Å². The molecule has 4 rings (SSSR count). The number of nitrogen functional groups attached to an aromatic ring is 1. The van der Waals surface area contributed by atoms with E-state index in [0.717, 1.165) is 49.2 Å². The second kappa shape index (κ2) is 6.64. The molecule has 8 heteroatoms. The summed E-state index contributed by atoms with van der Waals surface area (Å²) >= 11 is 0. The summed E-state index contributed by atoms with van der Waals surface area (Å²) in [6.07, 6.45) is 1.55. The summed E-state index contributed by atoms with van der Waals surface area (Å²) in [5, 5.41) is 3.26. The molecule has 1 aromatic carbocycles. The lowest BCUT2D eigenvalue weighted by Crippen LogP contribution is -2.45. The van der Waals surface area contributed by atoms with Crippen molar-refractivity contribution in [3.63, 3.8) is 0 Å². The van der Waals surface area contributed by atoms with E-state index in [1.165, 1.54) is 0 Å².